The fraction of sp³-hybridized carbons (Fsp3) is 0.333. The Hall–Kier alpha value is -0.900. The molecule has 0 atom stereocenters. The number of nitrogens with one attached hydrogen (secondary N) is 1. The molecule has 1 N–H and O–H groups in total. The summed E-state index contributed by atoms with van der Waals surface area (Å²) in [6, 6.07) is 3.66. The lowest BCUT2D eigenvalue weighted by Crippen LogP contribution is -2.43. The predicted molar refractivity (Wildman–Crippen MR) is 71.3 cm³/mol. The van der Waals surface area contributed by atoms with E-state index in [0.29, 0.717) is 10.0 Å². The van der Waals surface area contributed by atoms with Gasteiger partial charge in [-0.1, -0.05) is 23.2 Å². The third kappa shape index (κ3) is 1.88. The average molecular weight is 271 g/mol. The van der Waals surface area contributed by atoms with Crippen molar-refractivity contribution in [2.24, 2.45) is 0 Å². The lowest BCUT2D eigenvalue weighted by molar-refractivity contribution is 0.579. The maximum atomic E-state index is 6.29. The molecule has 0 bridgehead atoms. The van der Waals surface area contributed by atoms with E-state index >= 15 is 0 Å². The van der Waals surface area contributed by atoms with Gasteiger partial charge in [-0.3, -0.25) is 0 Å². The van der Waals surface area contributed by atoms with Gasteiger partial charge in [-0.05, 0) is 12.1 Å². The second-order valence-corrected chi connectivity index (χ2v) is 4.90. The van der Waals surface area contributed by atoms with Crippen molar-refractivity contribution in [3.05, 3.63) is 28.4 Å². The topological polar surface area (TPSA) is 28.4 Å². The molecular weight excluding hydrogens is 259 g/mol. The van der Waals surface area contributed by atoms with Gasteiger partial charge in [0.25, 0.3) is 0 Å². The maximum Gasteiger partial charge on any atom is 0.160 e. The third-order valence-corrected chi connectivity index (χ3v) is 3.65. The SMILES string of the molecule is Clc1cc(Cl)c2ccoc2c1N1CCNCC1. The van der Waals surface area contributed by atoms with Gasteiger partial charge in [0, 0.05) is 31.6 Å². The Balaban J connectivity index is 2.16. The van der Waals surface area contributed by atoms with E-state index in [0.717, 1.165) is 42.8 Å². The van der Waals surface area contributed by atoms with Crippen LogP contribution >= 0.6 is 23.2 Å². The van der Waals surface area contributed by atoms with E-state index in [4.69, 9.17) is 27.6 Å². The van der Waals surface area contributed by atoms with Crippen molar-refractivity contribution < 1.29 is 4.42 Å². The molecule has 1 aromatic carbocycles. The Morgan fingerprint density at radius 1 is 1.18 bits per heavy atom. The number of benzene rings is 1. The summed E-state index contributed by atoms with van der Waals surface area (Å²) >= 11 is 12.4. The normalized spacial score (nSPS) is 16.7. The minimum Gasteiger partial charge on any atom is -0.462 e. The van der Waals surface area contributed by atoms with Crippen molar-refractivity contribution in [2.75, 3.05) is 31.1 Å². The van der Waals surface area contributed by atoms with Gasteiger partial charge in [0.15, 0.2) is 5.58 Å². The van der Waals surface area contributed by atoms with E-state index in [-0.39, 0.29) is 0 Å². The fourth-order valence-electron chi connectivity index (χ4n) is 2.23. The Labute approximate surface area is 109 Å². The summed E-state index contributed by atoms with van der Waals surface area (Å²) in [5.41, 5.74) is 1.74. The van der Waals surface area contributed by atoms with Gasteiger partial charge in [-0.15, -0.1) is 0 Å². The van der Waals surface area contributed by atoms with Crippen molar-refractivity contribution in [2.45, 2.75) is 0 Å². The van der Waals surface area contributed by atoms with Crippen LogP contribution < -0.4 is 10.2 Å². The minimum absolute atomic E-state index is 0.637. The second-order valence-electron chi connectivity index (χ2n) is 4.09. The molecule has 0 spiro atoms. The zero-order chi connectivity index (χ0) is 11.8. The molecule has 5 heteroatoms. The van der Waals surface area contributed by atoms with E-state index in [1.807, 2.05) is 6.07 Å². The van der Waals surface area contributed by atoms with Crippen LogP contribution in [0.2, 0.25) is 10.0 Å². The van der Waals surface area contributed by atoms with Gasteiger partial charge in [-0.25, -0.2) is 0 Å². The van der Waals surface area contributed by atoms with Crippen LogP contribution in [0.5, 0.6) is 0 Å². The van der Waals surface area contributed by atoms with Crippen molar-refractivity contribution >= 4 is 39.9 Å². The van der Waals surface area contributed by atoms with Crippen LogP contribution in [0.1, 0.15) is 0 Å². The molecule has 1 aliphatic rings. The molecule has 0 unspecified atom stereocenters. The van der Waals surface area contributed by atoms with E-state index < -0.39 is 0 Å². The number of furan rings is 1. The van der Waals surface area contributed by atoms with Crippen LogP contribution in [-0.2, 0) is 0 Å². The van der Waals surface area contributed by atoms with E-state index in [2.05, 4.69) is 10.2 Å². The Kier molecular flexibility index (Phi) is 2.90. The standard InChI is InChI=1S/C12H12Cl2N2O/c13-9-7-10(14)11(12-8(9)1-6-17-12)16-4-2-15-3-5-16/h1,6-7,15H,2-5H2. The zero-order valence-electron chi connectivity index (χ0n) is 9.17. The molecule has 1 fully saturated rings. The number of anilines is 1. The van der Waals surface area contributed by atoms with Crippen molar-refractivity contribution in [3.63, 3.8) is 0 Å². The molecule has 1 aliphatic heterocycles. The first-order valence-electron chi connectivity index (χ1n) is 5.58. The number of nitrogens with zero attached hydrogens (tertiary/aromatic N) is 1. The predicted octanol–water partition coefficient (Wildman–Crippen LogP) is 3.15. The van der Waals surface area contributed by atoms with Crippen LogP contribution in [0.3, 0.4) is 0 Å². The van der Waals surface area contributed by atoms with Crippen LogP contribution in [0.4, 0.5) is 5.69 Å². The Morgan fingerprint density at radius 2 is 1.94 bits per heavy atom. The highest BCUT2D eigenvalue weighted by Crippen LogP contribution is 2.39. The first-order valence-corrected chi connectivity index (χ1v) is 6.34. The first-order chi connectivity index (χ1) is 8.27. The van der Waals surface area contributed by atoms with Gasteiger partial charge in [-0.2, -0.15) is 0 Å². The maximum absolute atomic E-state index is 6.29. The Morgan fingerprint density at radius 3 is 2.71 bits per heavy atom. The van der Waals surface area contributed by atoms with Crippen LogP contribution in [-0.4, -0.2) is 26.2 Å². The molecule has 1 aromatic heterocycles. The molecular formula is C12H12Cl2N2O. The molecule has 3 nitrogen and oxygen atoms in total. The summed E-state index contributed by atoms with van der Waals surface area (Å²) in [7, 11) is 0. The van der Waals surface area contributed by atoms with Gasteiger partial charge in [0.2, 0.25) is 0 Å². The minimum atomic E-state index is 0.637. The number of hydrogen-bond acceptors (Lipinski definition) is 3. The number of piperazine rings is 1. The number of hydrogen-bond donors (Lipinski definition) is 1. The van der Waals surface area contributed by atoms with Crippen molar-refractivity contribution in [3.8, 4) is 0 Å². The summed E-state index contributed by atoms with van der Waals surface area (Å²) < 4.78 is 5.53. The molecule has 2 aromatic rings. The van der Waals surface area contributed by atoms with Crippen LogP contribution in [0.15, 0.2) is 22.8 Å². The summed E-state index contributed by atoms with van der Waals surface area (Å²) in [4.78, 5) is 2.24. The lowest BCUT2D eigenvalue weighted by Gasteiger charge is -2.30. The molecule has 90 valence electrons. The molecule has 2 heterocycles. The van der Waals surface area contributed by atoms with Gasteiger partial charge >= 0.3 is 0 Å². The number of rotatable bonds is 1. The molecule has 0 saturated carbocycles. The van der Waals surface area contributed by atoms with Gasteiger partial charge in [0.1, 0.15) is 0 Å². The van der Waals surface area contributed by atoms with Crippen molar-refractivity contribution in [1.82, 2.24) is 5.32 Å². The summed E-state index contributed by atoms with van der Waals surface area (Å²) in [6.45, 7) is 3.77. The largest absolute Gasteiger partial charge is 0.462 e. The molecule has 0 radical (unpaired) electrons. The molecule has 3 rings (SSSR count). The highest BCUT2D eigenvalue weighted by molar-refractivity contribution is 6.40. The summed E-state index contributed by atoms with van der Waals surface area (Å²) in [5.74, 6) is 0. The third-order valence-electron chi connectivity index (χ3n) is 3.05. The van der Waals surface area contributed by atoms with Crippen molar-refractivity contribution in [1.29, 1.82) is 0 Å². The van der Waals surface area contributed by atoms with Gasteiger partial charge in [0.05, 0.1) is 22.0 Å². The fourth-order valence-corrected chi connectivity index (χ4v) is 2.86. The van der Waals surface area contributed by atoms with Gasteiger partial charge < -0.3 is 14.6 Å². The van der Waals surface area contributed by atoms with E-state index in [9.17, 15) is 0 Å². The highest BCUT2D eigenvalue weighted by atomic mass is 35.5. The zero-order valence-corrected chi connectivity index (χ0v) is 10.7. The first kappa shape index (κ1) is 11.2. The summed E-state index contributed by atoms with van der Waals surface area (Å²) in [6.07, 6.45) is 1.65. The number of halogens is 2. The smallest absolute Gasteiger partial charge is 0.160 e. The molecule has 17 heavy (non-hydrogen) atoms. The monoisotopic (exact) mass is 270 g/mol. The van der Waals surface area contributed by atoms with E-state index in [1.54, 1.807) is 12.3 Å². The van der Waals surface area contributed by atoms with E-state index in [1.165, 1.54) is 0 Å². The average Bonchev–Trinajstić information content (AvgIpc) is 2.79. The highest BCUT2D eigenvalue weighted by Gasteiger charge is 2.20. The van der Waals surface area contributed by atoms with Crippen LogP contribution in [0, 0.1) is 0 Å². The quantitative estimate of drug-likeness (QED) is 0.863. The number of fused-ring (bicyclic) bond motifs is 1. The second kappa shape index (κ2) is 4.41. The summed E-state index contributed by atoms with van der Waals surface area (Å²) in [5, 5.41) is 5.53. The molecule has 0 aliphatic carbocycles. The lowest BCUT2D eigenvalue weighted by atomic mass is 10.2. The molecule has 1 saturated heterocycles. The molecule has 0 amide bonds. The van der Waals surface area contributed by atoms with Crippen LogP contribution in [0.25, 0.3) is 11.0 Å². The Bertz CT molecular complexity index is 547.